The van der Waals surface area contributed by atoms with Crippen LogP contribution in [0.3, 0.4) is 0 Å². The van der Waals surface area contributed by atoms with Gasteiger partial charge in [-0.1, -0.05) is 88.5 Å². The highest BCUT2D eigenvalue weighted by atomic mass is 28.3. The minimum Gasteiger partial charge on any atom is -0.255 e. The first-order valence-corrected chi connectivity index (χ1v) is 14.2. The highest BCUT2D eigenvalue weighted by molar-refractivity contribution is 6.84. The summed E-state index contributed by atoms with van der Waals surface area (Å²) in [5.41, 5.74) is 5.74. The van der Waals surface area contributed by atoms with Crippen LogP contribution in [0.2, 0.25) is 19.6 Å². The van der Waals surface area contributed by atoms with Crippen molar-refractivity contribution >= 4 is 14.8 Å². The second kappa shape index (κ2) is 7.83. The molecule has 27 heavy (non-hydrogen) atoms. The predicted molar refractivity (Wildman–Crippen MR) is 121 cm³/mol. The van der Waals surface area contributed by atoms with Gasteiger partial charge < -0.3 is 0 Å². The largest absolute Gasteiger partial charge is 0.255 e. The fourth-order valence-electron chi connectivity index (χ4n) is 4.61. The zero-order valence-electron chi connectivity index (χ0n) is 18.2. The molecule has 2 aliphatic rings. The SMILES string of the molecule is C=[N+]1C=C([Si](C)(C)C)C(C(C)C)=C[C-]1c1ccc(C2CCCCC2)cc1C. The number of hydrogen-bond acceptors (Lipinski definition) is 0. The van der Waals surface area contributed by atoms with Gasteiger partial charge in [0.2, 0.25) is 0 Å². The number of aryl methyl sites for hydroxylation is 1. The molecule has 0 unspecified atom stereocenters. The van der Waals surface area contributed by atoms with Gasteiger partial charge in [0.05, 0.1) is 14.8 Å². The Hall–Kier alpha value is -1.54. The highest BCUT2D eigenvalue weighted by Gasteiger charge is 2.30. The lowest BCUT2D eigenvalue weighted by Crippen LogP contribution is -2.32. The third-order valence-electron chi connectivity index (χ3n) is 6.23. The van der Waals surface area contributed by atoms with Gasteiger partial charge in [-0.3, -0.25) is 4.58 Å². The average molecular weight is 380 g/mol. The highest BCUT2D eigenvalue weighted by Crippen LogP contribution is 2.38. The van der Waals surface area contributed by atoms with Gasteiger partial charge in [-0.05, 0) is 41.5 Å². The zero-order valence-corrected chi connectivity index (χ0v) is 19.2. The molecule has 1 nitrogen and oxygen atoms in total. The second-order valence-electron chi connectivity index (χ2n) is 9.81. The monoisotopic (exact) mass is 379 g/mol. The molecule has 1 fully saturated rings. The van der Waals surface area contributed by atoms with Crippen molar-refractivity contribution in [3.05, 3.63) is 64.0 Å². The predicted octanol–water partition coefficient (Wildman–Crippen LogP) is 6.99. The van der Waals surface area contributed by atoms with Crippen LogP contribution in [0.1, 0.15) is 68.6 Å². The van der Waals surface area contributed by atoms with Gasteiger partial charge in [0.25, 0.3) is 0 Å². The third kappa shape index (κ3) is 4.32. The van der Waals surface area contributed by atoms with Crippen LogP contribution in [0.15, 0.2) is 41.2 Å². The number of rotatable bonds is 4. The van der Waals surface area contributed by atoms with Crippen LogP contribution in [0, 0.1) is 18.9 Å². The molecule has 1 saturated carbocycles. The molecular weight excluding hydrogens is 342 g/mol. The van der Waals surface area contributed by atoms with E-state index >= 15 is 0 Å². The Balaban J connectivity index is 1.94. The van der Waals surface area contributed by atoms with E-state index < -0.39 is 8.07 Å². The van der Waals surface area contributed by atoms with Gasteiger partial charge in [-0.25, -0.2) is 0 Å². The Morgan fingerprint density at radius 2 is 1.78 bits per heavy atom. The third-order valence-corrected chi connectivity index (χ3v) is 8.26. The number of hydrogen-bond donors (Lipinski definition) is 0. The molecule has 1 aliphatic heterocycles. The molecule has 0 radical (unpaired) electrons. The van der Waals surface area contributed by atoms with Gasteiger partial charge in [-0.2, -0.15) is 0 Å². The molecule has 146 valence electrons. The first kappa shape index (κ1) is 20.2. The van der Waals surface area contributed by atoms with E-state index in [-0.39, 0.29) is 0 Å². The lowest BCUT2D eigenvalue weighted by molar-refractivity contribution is -0.418. The normalized spacial score (nSPS) is 19.4. The fourth-order valence-corrected chi connectivity index (χ4v) is 6.38. The Bertz CT molecular complexity index is 770. The summed E-state index contributed by atoms with van der Waals surface area (Å²) in [4.78, 5) is 0. The Kier molecular flexibility index (Phi) is 5.86. The summed E-state index contributed by atoms with van der Waals surface area (Å²) in [7, 11) is -1.40. The number of nitrogens with zero attached hydrogens (tertiary/aromatic N) is 1. The van der Waals surface area contributed by atoms with Gasteiger partial charge >= 0.3 is 0 Å². The van der Waals surface area contributed by atoms with E-state index in [9.17, 15) is 0 Å². The van der Waals surface area contributed by atoms with Crippen molar-refractivity contribution in [2.45, 2.75) is 78.4 Å². The van der Waals surface area contributed by atoms with Crippen molar-refractivity contribution in [2.75, 3.05) is 0 Å². The summed E-state index contributed by atoms with van der Waals surface area (Å²) >= 11 is 0. The maximum absolute atomic E-state index is 4.36. The first-order chi connectivity index (χ1) is 12.7. The van der Waals surface area contributed by atoms with Gasteiger partial charge in [-0.15, -0.1) is 6.07 Å². The smallest absolute Gasteiger partial charge is 0.147 e. The summed E-state index contributed by atoms with van der Waals surface area (Å²) in [6.45, 7) is 18.5. The summed E-state index contributed by atoms with van der Waals surface area (Å²) in [6, 6.07) is 8.40. The van der Waals surface area contributed by atoms with Crippen molar-refractivity contribution in [2.24, 2.45) is 5.92 Å². The molecule has 0 atom stereocenters. The average Bonchev–Trinajstić information content (AvgIpc) is 2.61. The summed E-state index contributed by atoms with van der Waals surface area (Å²) in [6.07, 6.45) is 11.6. The minimum atomic E-state index is -1.40. The second-order valence-corrected chi connectivity index (χ2v) is 14.9. The minimum absolute atomic E-state index is 0.536. The van der Waals surface area contributed by atoms with Crippen molar-refractivity contribution in [1.29, 1.82) is 0 Å². The van der Waals surface area contributed by atoms with E-state index in [2.05, 4.69) is 82.2 Å². The summed E-state index contributed by atoms with van der Waals surface area (Å²) in [5, 5.41) is 1.53. The summed E-state index contributed by atoms with van der Waals surface area (Å²) in [5.74, 6) is 1.30. The van der Waals surface area contributed by atoms with Crippen LogP contribution in [-0.2, 0) is 0 Å². The van der Waals surface area contributed by atoms with Crippen LogP contribution in [0.5, 0.6) is 0 Å². The van der Waals surface area contributed by atoms with Crippen LogP contribution < -0.4 is 0 Å². The molecular formula is C25H37NSi. The van der Waals surface area contributed by atoms with E-state index in [1.807, 2.05) is 0 Å². The van der Waals surface area contributed by atoms with Gasteiger partial charge in [0.1, 0.15) is 12.2 Å². The Morgan fingerprint density at radius 3 is 2.33 bits per heavy atom. The van der Waals surface area contributed by atoms with Gasteiger partial charge in [0.15, 0.2) is 0 Å². The van der Waals surface area contributed by atoms with Gasteiger partial charge in [0, 0.05) is 0 Å². The molecule has 1 heterocycles. The van der Waals surface area contributed by atoms with E-state index in [0.717, 1.165) is 5.92 Å². The molecule has 3 rings (SSSR count). The molecule has 0 saturated heterocycles. The lowest BCUT2D eigenvalue weighted by atomic mass is 9.82. The quantitative estimate of drug-likeness (QED) is 0.301. The maximum Gasteiger partial charge on any atom is 0.147 e. The molecule has 1 aliphatic carbocycles. The first-order valence-electron chi connectivity index (χ1n) is 10.7. The van der Waals surface area contributed by atoms with Crippen LogP contribution in [-0.4, -0.2) is 19.4 Å². The molecule has 0 amide bonds. The van der Waals surface area contributed by atoms with Crippen molar-refractivity contribution in [3.8, 4) is 0 Å². The van der Waals surface area contributed by atoms with Crippen LogP contribution in [0.4, 0.5) is 0 Å². The molecule has 1 aromatic rings. The van der Waals surface area contributed by atoms with E-state index in [1.54, 1.807) is 0 Å². The Morgan fingerprint density at radius 1 is 1.11 bits per heavy atom. The van der Waals surface area contributed by atoms with Crippen molar-refractivity contribution in [3.63, 3.8) is 0 Å². The molecule has 2 heteroatoms. The zero-order chi connectivity index (χ0) is 19.8. The number of benzene rings is 1. The van der Waals surface area contributed by atoms with E-state index in [0.29, 0.717) is 5.92 Å². The molecule has 0 spiro atoms. The van der Waals surface area contributed by atoms with Crippen LogP contribution >= 0.6 is 0 Å². The molecule has 0 aromatic heterocycles. The topological polar surface area (TPSA) is 3.01 Å². The van der Waals surface area contributed by atoms with E-state index in [4.69, 9.17) is 0 Å². The lowest BCUT2D eigenvalue weighted by Gasteiger charge is -2.33. The summed E-state index contributed by atoms with van der Waals surface area (Å²) < 4.78 is 2.11. The molecule has 0 bridgehead atoms. The molecule has 1 aromatic carbocycles. The standard InChI is InChI=1S/C25H37NSi/c1-18(2)23-16-24(26(4)17-25(23)27(5,6)7)22-14-13-21(15-19(22)3)20-11-9-8-10-12-20/h13-18,20H,4,8-12H2,1-3,5-7H3. The van der Waals surface area contributed by atoms with E-state index in [1.165, 1.54) is 65.6 Å². The maximum atomic E-state index is 4.36. The fraction of sp³-hybridized carbons (Fsp3) is 0.520. The van der Waals surface area contributed by atoms with Crippen molar-refractivity contribution < 1.29 is 4.58 Å². The number of allylic oxidation sites excluding steroid dienone is 2. The Labute approximate surface area is 167 Å². The van der Waals surface area contributed by atoms with Crippen molar-refractivity contribution in [1.82, 2.24) is 0 Å². The van der Waals surface area contributed by atoms with Crippen LogP contribution in [0.25, 0.3) is 0 Å². The molecule has 0 N–H and O–H groups in total.